The second-order valence-electron chi connectivity index (χ2n) is 7.14. The van der Waals surface area contributed by atoms with Crippen molar-refractivity contribution in [2.24, 2.45) is 0 Å². The third kappa shape index (κ3) is 6.63. The Hall–Kier alpha value is -3.76. The van der Waals surface area contributed by atoms with Crippen molar-refractivity contribution >= 4 is 17.9 Å². The van der Waals surface area contributed by atoms with E-state index in [1.54, 1.807) is 29.2 Å². The Morgan fingerprint density at radius 1 is 0.882 bits per heavy atom. The Bertz CT molecular complexity index is 1040. The van der Waals surface area contributed by atoms with Gasteiger partial charge in [0.1, 0.15) is 17.2 Å². The fourth-order valence-electron chi connectivity index (χ4n) is 3.36. The first-order valence-electron chi connectivity index (χ1n) is 10.2. The molecule has 0 saturated carbocycles. The first-order valence-corrected chi connectivity index (χ1v) is 10.2. The molecule has 0 unspecified atom stereocenters. The maximum Gasteiger partial charge on any atom is 0.387 e. The van der Waals surface area contributed by atoms with Crippen molar-refractivity contribution in [3.63, 3.8) is 0 Å². The molecule has 0 radical (unpaired) electrons. The van der Waals surface area contributed by atoms with E-state index >= 15 is 0 Å². The molecular formula is C23H22F4N2O5. The Balaban J connectivity index is 1.62. The van der Waals surface area contributed by atoms with Crippen molar-refractivity contribution in [2.75, 3.05) is 33.3 Å². The molecule has 34 heavy (non-hydrogen) atoms. The van der Waals surface area contributed by atoms with Crippen molar-refractivity contribution in [1.29, 1.82) is 0 Å². The zero-order chi connectivity index (χ0) is 24.7. The highest BCUT2D eigenvalue weighted by molar-refractivity contribution is 5.95. The average molecular weight is 482 g/mol. The van der Waals surface area contributed by atoms with Crippen LogP contribution in [0.25, 0.3) is 6.08 Å². The average Bonchev–Trinajstić information content (AvgIpc) is 2.82. The molecule has 0 N–H and O–H groups in total. The lowest BCUT2D eigenvalue weighted by Crippen LogP contribution is -2.50. The summed E-state index contributed by atoms with van der Waals surface area (Å²) in [6.45, 7) is -5.14. The molecule has 3 rings (SSSR count). The van der Waals surface area contributed by atoms with Crippen molar-refractivity contribution < 1.29 is 41.4 Å². The van der Waals surface area contributed by atoms with E-state index in [2.05, 4.69) is 9.47 Å². The fourth-order valence-corrected chi connectivity index (χ4v) is 3.36. The summed E-state index contributed by atoms with van der Waals surface area (Å²) in [5, 5.41) is 0. The van der Waals surface area contributed by atoms with Crippen molar-refractivity contribution in [2.45, 2.75) is 13.2 Å². The van der Waals surface area contributed by atoms with Gasteiger partial charge in [-0.2, -0.15) is 17.6 Å². The number of amides is 2. The summed E-state index contributed by atoms with van der Waals surface area (Å²) in [7, 11) is 1.51. The number of halogens is 4. The van der Waals surface area contributed by atoms with Crippen LogP contribution in [0, 0.1) is 0 Å². The van der Waals surface area contributed by atoms with E-state index in [1.165, 1.54) is 30.2 Å². The number of piperazine rings is 1. The number of methoxy groups -OCH3 is 1. The van der Waals surface area contributed by atoms with Crippen molar-refractivity contribution in [3.05, 3.63) is 59.7 Å². The lowest BCUT2D eigenvalue weighted by atomic mass is 10.1. The van der Waals surface area contributed by atoms with Gasteiger partial charge in [0.15, 0.2) is 0 Å². The quantitative estimate of drug-likeness (QED) is 0.422. The minimum atomic E-state index is -3.19. The summed E-state index contributed by atoms with van der Waals surface area (Å²) in [6.07, 6.45) is 2.42. The van der Waals surface area contributed by atoms with Crippen molar-refractivity contribution in [3.8, 4) is 17.2 Å². The minimum absolute atomic E-state index is 0.0853. The van der Waals surface area contributed by atoms with Crippen LogP contribution in [0.5, 0.6) is 17.2 Å². The van der Waals surface area contributed by atoms with Gasteiger partial charge in [-0.15, -0.1) is 0 Å². The molecule has 1 aliphatic rings. The van der Waals surface area contributed by atoms with E-state index in [9.17, 15) is 27.2 Å². The zero-order valence-electron chi connectivity index (χ0n) is 18.1. The molecule has 0 aliphatic carbocycles. The highest BCUT2D eigenvalue weighted by Crippen LogP contribution is 2.28. The highest BCUT2D eigenvalue weighted by atomic mass is 19.3. The summed E-state index contributed by atoms with van der Waals surface area (Å²) in [4.78, 5) is 28.4. The maximum absolute atomic E-state index is 12.7. The number of rotatable bonds is 8. The van der Waals surface area contributed by atoms with Gasteiger partial charge in [-0.05, 0) is 36.4 Å². The molecule has 0 spiro atoms. The number of ether oxygens (including phenoxy) is 3. The molecule has 7 nitrogen and oxygen atoms in total. The molecule has 1 saturated heterocycles. The van der Waals surface area contributed by atoms with E-state index in [0.29, 0.717) is 24.4 Å². The smallest absolute Gasteiger partial charge is 0.387 e. The Labute approximate surface area is 193 Å². The van der Waals surface area contributed by atoms with Gasteiger partial charge in [0.2, 0.25) is 5.91 Å². The summed E-state index contributed by atoms with van der Waals surface area (Å²) >= 11 is 0. The molecule has 2 aromatic carbocycles. The Morgan fingerprint density at radius 3 is 2.21 bits per heavy atom. The number of nitrogens with zero attached hydrogens (tertiary/aromatic N) is 2. The predicted molar refractivity (Wildman–Crippen MR) is 114 cm³/mol. The molecule has 11 heteroatoms. The first-order chi connectivity index (χ1) is 16.3. The molecule has 0 bridgehead atoms. The van der Waals surface area contributed by atoms with Crippen LogP contribution < -0.4 is 14.2 Å². The fraction of sp³-hybridized carbons (Fsp3) is 0.304. The molecule has 1 fully saturated rings. The third-order valence-electron chi connectivity index (χ3n) is 5.03. The van der Waals surface area contributed by atoms with Gasteiger partial charge < -0.3 is 24.0 Å². The first kappa shape index (κ1) is 24.9. The second kappa shape index (κ2) is 11.4. The van der Waals surface area contributed by atoms with Crippen LogP contribution in [0.3, 0.4) is 0 Å². The largest absolute Gasteiger partial charge is 0.497 e. The van der Waals surface area contributed by atoms with E-state index in [1.807, 2.05) is 0 Å². The lowest BCUT2D eigenvalue weighted by molar-refractivity contribution is -0.127. The monoisotopic (exact) mass is 482 g/mol. The van der Waals surface area contributed by atoms with Crippen LogP contribution in [0.15, 0.2) is 48.5 Å². The highest BCUT2D eigenvalue weighted by Gasteiger charge is 2.24. The van der Waals surface area contributed by atoms with E-state index in [-0.39, 0.29) is 30.3 Å². The minimum Gasteiger partial charge on any atom is -0.497 e. The molecule has 1 aliphatic heterocycles. The van der Waals surface area contributed by atoms with Gasteiger partial charge in [0.25, 0.3) is 5.91 Å². The number of hydrogen-bond acceptors (Lipinski definition) is 5. The zero-order valence-corrected chi connectivity index (χ0v) is 18.1. The standard InChI is InChI=1S/C23H22F4N2O5/c1-32-17-4-2-3-16(13-17)21(31)29-11-9-28(10-12-29)20(30)8-6-15-5-7-18(33-22(24)25)14-19(15)34-23(26)27/h2-8,13-14,22-23H,9-12H2,1H3/b8-6+. The topological polar surface area (TPSA) is 68.3 Å². The van der Waals surface area contributed by atoms with Gasteiger partial charge in [-0.3, -0.25) is 9.59 Å². The van der Waals surface area contributed by atoms with Gasteiger partial charge in [0, 0.05) is 49.4 Å². The van der Waals surface area contributed by atoms with Crippen LogP contribution in [-0.4, -0.2) is 68.1 Å². The number of hydrogen-bond donors (Lipinski definition) is 0. The van der Waals surface area contributed by atoms with E-state index < -0.39 is 24.9 Å². The van der Waals surface area contributed by atoms with Crippen LogP contribution in [0.1, 0.15) is 15.9 Å². The van der Waals surface area contributed by atoms with E-state index in [0.717, 1.165) is 12.1 Å². The second-order valence-corrected chi connectivity index (χ2v) is 7.14. The Morgan fingerprint density at radius 2 is 1.56 bits per heavy atom. The molecular weight excluding hydrogens is 460 g/mol. The number of carbonyl (C=O) groups excluding carboxylic acids is 2. The van der Waals surface area contributed by atoms with Crippen LogP contribution in [-0.2, 0) is 4.79 Å². The summed E-state index contributed by atoms with van der Waals surface area (Å²) in [5.74, 6) is -0.781. The molecule has 2 aromatic rings. The normalized spacial score (nSPS) is 14.1. The molecule has 0 aromatic heterocycles. The Kier molecular flexibility index (Phi) is 8.34. The number of alkyl halides is 4. The van der Waals surface area contributed by atoms with Gasteiger partial charge in [0.05, 0.1) is 7.11 Å². The lowest BCUT2D eigenvalue weighted by Gasteiger charge is -2.34. The predicted octanol–water partition coefficient (Wildman–Crippen LogP) is 3.90. The van der Waals surface area contributed by atoms with E-state index in [4.69, 9.17) is 4.74 Å². The summed E-state index contributed by atoms with van der Waals surface area (Å²) in [6, 6.07) is 10.0. The summed E-state index contributed by atoms with van der Waals surface area (Å²) < 4.78 is 63.8. The number of carbonyl (C=O) groups is 2. The third-order valence-corrected chi connectivity index (χ3v) is 5.03. The van der Waals surface area contributed by atoms with Crippen LogP contribution in [0.2, 0.25) is 0 Å². The van der Waals surface area contributed by atoms with Crippen molar-refractivity contribution in [1.82, 2.24) is 9.80 Å². The van der Waals surface area contributed by atoms with Gasteiger partial charge in [-0.1, -0.05) is 6.07 Å². The molecule has 1 heterocycles. The molecule has 2 amide bonds. The summed E-state index contributed by atoms with van der Waals surface area (Å²) in [5.41, 5.74) is 0.562. The maximum atomic E-state index is 12.7. The van der Waals surface area contributed by atoms with Crippen LogP contribution in [0.4, 0.5) is 17.6 Å². The SMILES string of the molecule is COc1cccc(C(=O)N2CCN(C(=O)/C=C/c3ccc(OC(F)F)cc3OC(F)F)CC2)c1. The van der Waals surface area contributed by atoms with Gasteiger partial charge in [-0.25, -0.2) is 0 Å². The molecule has 0 atom stereocenters. The number of benzene rings is 2. The van der Waals surface area contributed by atoms with Gasteiger partial charge >= 0.3 is 13.2 Å². The molecule has 182 valence electrons. The van der Waals surface area contributed by atoms with Crippen LogP contribution >= 0.6 is 0 Å².